The van der Waals surface area contributed by atoms with Crippen molar-refractivity contribution in [1.29, 1.82) is 0 Å². The van der Waals surface area contributed by atoms with Gasteiger partial charge in [0.05, 0.1) is 23.0 Å². The summed E-state index contributed by atoms with van der Waals surface area (Å²) in [7, 11) is -7.31. The van der Waals surface area contributed by atoms with Gasteiger partial charge < -0.3 is 4.74 Å². The van der Waals surface area contributed by atoms with E-state index < -0.39 is 19.9 Å². The first-order valence-electron chi connectivity index (χ1n) is 7.42. The molecule has 0 bridgehead atoms. The lowest BCUT2D eigenvalue weighted by Gasteiger charge is -2.32. The van der Waals surface area contributed by atoms with Crippen LogP contribution in [0.5, 0.6) is 0 Å². The Morgan fingerprint density at radius 3 is 2.46 bits per heavy atom. The van der Waals surface area contributed by atoms with Crippen LogP contribution in [-0.2, 0) is 24.6 Å². The molecule has 1 unspecified atom stereocenters. The van der Waals surface area contributed by atoms with E-state index in [-0.39, 0.29) is 22.4 Å². The topological polar surface area (TPSA) is 92.8 Å². The smallest absolute Gasteiger partial charge is 0.241 e. The molecule has 1 heterocycles. The Balaban J connectivity index is 2.15. The molecule has 136 valence electrons. The Kier molecular flexibility index (Phi) is 6.43. The van der Waals surface area contributed by atoms with Crippen molar-refractivity contribution in [2.75, 3.05) is 39.1 Å². The molecule has 0 saturated carbocycles. The minimum atomic E-state index is -3.83. The molecule has 1 aromatic rings. The minimum absolute atomic E-state index is 0.0144. The average Bonchev–Trinajstić information content (AvgIpc) is 2.52. The van der Waals surface area contributed by atoms with E-state index in [0.717, 1.165) is 19.3 Å². The fourth-order valence-corrected chi connectivity index (χ4v) is 5.21. The summed E-state index contributed by atoms with van der Waals surface area (Å²) in [5.74, 6) is 0. The minimum Gasteiger partial charge on any atom is -0.379 e. The van der Waals surface area contributed by atoms with Crippen LogP contribution in [0.4, 0.5) is 0 Å². The predicted octanol–water partition coefficient (Wildman–Crippen LogP) is 0.852. The highest BCUT2D eigenvalue weighted by atomic mass is 79.9. The Bertz CT molecular complexity index is 789. The molecule has 24 heavy (non-hydrogen) atoms. The van der Waals surface area contributed by atoms with Crippen molar-refractivity contribution in [2.24, 2.45) is 0 Å². The van der Waals surface area contributed by atoms with Crippen LogP contribution in [0, 0.1) is 0 Å². The summed E-state index contributed by atoms with van der Waals surface area (Å²) in [6.07, 6.45) is 1.04. The lowest BCUT2D eigenvalue weighted by atomic mass is 10.2. The van der Waals surface area contributed by atoms with Crippen LogP contribution in [0.2, 0.25) is 0 Å². The summed E-state index contributed by atoms with van der Waals surface area (Å²) in [4.78, 5) is 2.03. The van der Waals surface area contributed by atoms with Gasteiger partial charge in [0, 0.05) is 36.4 Å². The van der Waals surface area contributed by atoms with Crippen molar-refractivity contribution in [3.8, 4) is 0 Å². The van der Waals surface area contributed by atoms with Crippen molar-refractivity contribution >= 4 is 35.8 Å². The van der Waals surface area contributed by atoms with Gasteiger partial charge >= 0.3 is 0 Å². The maximum atomic E-state index is 12.5. The van der Waals surface area contributed by atoms with Crippen LogP contribution in [-0.4, -0.2) is 66.9 Å². The fourth-order valence-electron chi connectivity index (χ4n) is 2.38. The van der Waals surface area contributed by atoms with Crippen molar-refractivity contribution in [1.82, 2.24) is 9.62 Å². The Hall–Kier alpha value is -0.520. The molecular formula is C14H21BrN2O5S2. The number of halogens is 1. The molecule has 0 aliphatic carbocycles. The third kappa shape index (κ3) is 4.99. The lowest BCUT2D eigenvalue weighted by molar-refractivity contribution is 0.0213. The molecule has 2 rings (SSSR count). The molecule has 0 spiro atoms. The summed E-state index contributed by atoms with van der Waals surface area (Å²) >= 11 is 3.18. The van der Waals surface area contributed by atoms with Gasteiger partial charge in [-0.25, -0.2) is 21.6 Å². The largest absolute Gasteiger partial charge is 0.379 e. The van der Waals surface area contributed by atoms with E-state index in [4.69, 9.17) is 4.74 Å². The van der Waals surface area contributed by atoms with E-state index in [1.807, 2.05) is 6.92 Å². The van der Waals surface area contributed by atoms with E-state index >= 15 is 0 Å². The average molecular weight is 441 g/mol. The van der Waals surface area contributed by atoms with Crippen LogP contribution < -0.4 is 4.72 Å². The van der Waals surface area contributed by atoms with Crippen molar-refractivity contribution in [2.45, 2.75) is 22.8 Å². The number of rotatable bonds is 6. The highest BCUT2D eigenvalue weighted by molar-refractivity contribution is 9.10. The zero-order valence-electron chi connectivity index (χ0n) is 13.5. The number of sulfone groups is 1. The van der Waals surface area contributed by atoms with Crippen molar-refractivity contribution in [3.05, 3.63) is 22.7 Å². The van der Waals surface area contributed by atoms with Crippen molar-refractivity contribution < 1.29 is 21.6 Å². The maximum absolute atomic E-state index is 12.5. The maximum Gasteiger partial charge on any atom is 0.241 e. The molecule has 1 aliphatic rings. The molecule has 1 atom stereocenters. The first-order valence-corrected chi connectivity index (χ1v) is 11.6. The zero-order valence-corrected chi connectivity index (χ0v) is 16.7. The SMILES string of the molecule is CC(CNS(=O)(=O)c1cc(S(C)(=O)=O)ccc1Br)N1CCOCC1. The summed E-state index contributed by atoms with van der Waals surface area (Å²) in [6, 6.07) is 3.98. The van der Waals surface area contributed by atoms with E-state index in [1.54, 1.807) is 0 Å². The molecule has 0 radical (unpaired) electrons. The first-order chi connectivity index (χ1) is 11.1. The van der Waals surface area contributed by atoms with Crippen LogP contribution in [0.3, 0.4) is 0 Å². The second kappa shape index (κ2) is 7.79. The second-order valence-corrected chi connectivity index (χ2v) is 10.3. The summed E-state index contributed by atoms with van der Waals surface area (Å²) in [6.45, 7) is 4.97. The highest BCUT2D eigenvalue weighted by Gasteiger charge is 2.23. The molecule has 0 aromatic heterocycles. The zero-order chi connectivity index (χ0) is 18.0. The third-order valence-corrected chi connectivity index (χ3v) is 7.39. The molecule has 1 saturated heterocycles. The Labute approximate surface area is 151 Å². The number of benzene rings is 1. The molecular weight excluding hydrogens is 420 g/mol. The number of hydrogen-bond acceptors (Lipinski definition) is 6. The van der Waals surface area contributed by atoms with Gasteiger partial charge in [-0.3, -0.25) is 4.90 Å². The molecule has 1 aliphatic heterocycles. The molecule has 0 amide bonds. The second-order valence-electron chi connectivity index (χ2n) is 5.71. The standard InChI is InChI=1S/C14H21BrN2O5S2/c1-11(17-5-7-22-8-6-17)10-16-24(20,21)14-9-12(23(2,18)19)3-4-13(14)15/h3-4,9,11,16H,5-8,10H2,1-2H3. The normalized spacial score (nSPS) is 18.5. The Morgan fingerprint density at radius 2 is 1.88 bits per heavy atom. The molecule has 1 aromatic carbocycles. The van der Waals surface area contributed by atoms with Gasteiger partial charge in [0.25, 0.3) is 0 Å². The quantitative estimate of drug-likeness (QED) is 0.704. The number of nitrogens with zero attached hydrogens (tertiary/aromatic N) is 1. The predicted molar refractivity (Wildman–Crippen MR) is 94.3 cm³/mol. The van der Waals surface area contributed by atoms with Crippen LogP contribution in [0.15, 0.2) is 32.5 Å². The van der Waals surface area contributed by atoms with E-state index in [9.17, 15) is 16.8 Å². The third-order valence-electron chi connectivity index (χ3n) is 3.86. The summed E-state index contributed by atoms with van der Waals surface area (Å²) in [5, 5.41) is 0. The lowest BCUT2D eigenvalue weighted by Crippen LogP contribution is -2.47. The van der Waals surface area contributed by atoms with Crippen molar-refractivity contribution in [3.63, 3.8) is 0 Å². The number of sulfonamides is 1. The fraction of sp³-hybridized carbons (Fsp3) is 0.571. The van der Waals surface area contributed by atoms with E-state index in [1.165, 1.54) is 18.2 Å². The first kappa shape index (κ1) is 19.8. The van der Waals surface area contributed by atoms with Gasteiger partial charge in [0.1, 0.15) is 0 Å². The van der Waals surface area contributed by atoms with Gasteiger partial charge in [-0.15, -0.1) is 0 Å². The Morgan fingerprint density at radius 1 is 1.25 bits per heavy atom. The van der Waals surface area contributed by atoms with Gasteiger partial charge in [-0.1, -0.05) is 0 Å². The van der Waals surface area contributed by atoms with Crippen LogP contribution in [0.25, 0.3) is 0 Å². The molecule has 1 N–H and O–H groups in total. The van der Waals surface area contributed by atoms with Crippen LogP contribution >= 0.6 is 15.9 Å². The number of nitrogens with one attached hydrogen (secondary N) is 1. The summed E-state index contributed by atoms with van der Waals surface area (Å²) in [5.41, 5.74) is 0. The number of ether oxygens (including phenoxy) is 1. The van der Waals surface area contributed by atoms with E-state index in [0.29, 0.717) is 17.7 Å². The van der Waals surface area contributed by atoms with E-state index in [2.05, 4.69) is 25.6 Å². The summed E-state index contributed by atoms with van der Waals surface area (Å²) < 4.78 is 56.5. The molecule has 7 nitrogen and oxygen atoms in total. The number of morpholine rings is 1. The van der Waals surface area contributed by atoms with Crippen LogP contribution in [0.1, 0.15) is 6.92 Å². The van der Waals surface area contributed by atoms with Gasteiger partial charge in [0.15, 0.2) is 9.84 Å². The monoisotopic (exact) mass is 440 g/mol. The number of hydrogen-bond donors (Lipinski definition) is 1. The molecule has 10 heteroatoms. The van der Waals surface area contributed by atoms with Gasteiger partial charge in [-0.2, -0.15) is 0 Å². The van der Waals surface area contributed by atoms with Gasteiger partial charge in [-0.05, 0) is 41.1 Å². The van der Waals surface area contributed by atoms with Gasteiger partial charge in [0.2, 0.25) is 10.0 Å². The highest BCUT2D eigenvalue weighted by Crippen LogP contribution is 2.25. The molecule has 1 fully saturated rings.